The monoisotopic (exact) mass is 282 g/mol. The Labute approximate surface area is 115 Å². The molecule has 102 valence electrons. The van der Waals surface area contributed by atoms with E-state index in [1.54, 1.807) is 12.1 Å². The molecule has 1 aromatic carbocycles. The van der Waals surface area contributed by atoms with Gasteiger partial charge in [-0.3, -0.25) is 10.1 Å². The number of fused-ring (bicyclic) bond motifs is 2. The lowest BCUT2D eigenvalue weighted by Crippen LogP contribution is -2.50. The van der Waals surface area contributed by atoms with Crippen LogP contribution >= 0.6 is 11.6 Å². The maximum absolute atomic E-state index is 11.1. The maximum atomic E-state index is 11.1. The molecule has 2 heterocycles. The van der Waals surface area contributed by atoms with Gasteiger partial charge in [0.2, 0.25) is 0 Å². The zero-order valence-electron chi connectivity index (χ0n) is 10.3. The van der Waals surface area contributed by atoms with Crippen LogP contribution in [-0.2, 0) is 11.2 Å². The van der Waals surface area contributed by atoms with Crippen molar-refractivity contribution in [2.45, 2.75) is 43.4 Å². The second-order valence-corrected chi connectivity index (χ2v) is 5.90. The summed E-state index contributed by atoms with van der Waals surface area (Å²) in [6.45, 7) is 0. The highest BCUT2D eigenvalue weighted by atomic mass is 35.5. The van der Waals surface area contributed by atoms with E-state index >= 15 is 0 Å². The third-order valence-electron chi connectivity index (χ3n) is 4.12. The molecule has 0 aliphatic carbocycles. The number of hydrogen-bond donors (Lipinski definition) is 1. The van der Waals surface area contributed by atoms with Crippen LogP contribution in [0.15, 0.2) is 18.2 Å². The van der Waals surface area contributed by atoms with Crippen LogP contribution in [-0.4, -0.2) is 22.7 Å². The first-order valence-electron chi connectivity index (χ1n) is 6.35. The molecule has 3 unspecified atom stereocenters. The summed E-state index contributed by atoms with van der Waals surface area (Å²) in [4.78, 5) is 10.7. The summed E-state index contributed by atoms with van der Waals surface area (Å²) in [7, 11) is 0. The van der Waals surface area contributed by atoms with Crippen molar-refractivity contribution in [3.8, 4) is 0 Å². The molecule has 0 aromatic heterocycles. The highest BCUT2D eigenvalue weighted by molar-refractivity contribution is 6.30. The van der Waals surface area contributed by atoms with Gasteiger partial charge in [0.15, 0.2) is 0 Å². The molecule has 19 heavy (non-hydrogen) atoms. The number of nitro groups is 1. The molecule has 2 saturated heterocycles. The van der Waals surface area contributed by atoms with Crippen LogP contribution in [0, 0.1) is 10.1 Å². The average Bonchev–Trinajstić information content (AvgIpc) is 2.91. The number of benzene rings is 1. The van der Waals surface area contributed by atoms with Gasteiger partial charge >= 0.3 is 0 Å². The summed E-state index contributed by atoms with van der Waals surface area (Å²) in [5.41, 5.74) is 6.59. The molecular formula is C13H15ClN2O3. The number of nitrogens with two attached hydrogens (primary N) is 1. The zero-order chi connectivity index (χ0) is 13.6. The van der Waals surface area contributed by atoms with Crippen LogP contribution in [0.2, 0.25) is 5.02 Å². The molecule has 2 bridgehead atoms. The number of nitro benzene ring substituents is 1. The number of ether oxygens (including phenoxy) is 1. The molecule has 2 N–H and O–H groups in total. The summed E-state index contributed by atoms with van der Waals surface area (Å²) < 4.78 is 5.76. The SMILES string of the molecule is NC1(Cc2ccc(Cl)cc2[N+](=O)[O-])CC2CCC1O2. The van der Waals surface area contributed by atoms with E-state index in [4.69, 9.17) is 22.1 Å². The summed E-state index contributed by atoms with van der Waals surface area (Å²) >= 11 is 5.81. The summed E-state index contributed by atoms with van der Waals surface area (Å²) in [6, 6.07) is 4.75. The fourth-order valence-corrected chi connectivity index (χ4v) is 3.40. The molecule has 0 radical (unpaired) electrons. The molecule has 5 nitrogen and oxygen atoms in total. The van der Waals surface area contributed by atoms with Crippen LogP contribution in [0.5, 0.6) is 0 Å². The Morgan fingerprint density at radius 2 is 2.32 bits per heavy atom. The largest absolute Gasteiger partial charge is 0.373 e. The lowest BCUT2D eigenvalue weighted by Gasteiger charge is -2.31. The highest BCUT2D eigenvalue weighted by Crippen LogP contribution is 2.42. The Morgan fingerprint density at radius 3 is 2.89 bits per heavy atom. The lowest BCUT2D eigenvalue weighted by atomic mass is 9.78. The van der Waals surface area contributed by atoms with E-state index in [9.17, 15) is 10.1 Å². The van der Waals surface area contributed by atoms with Crippen molar-refractivity contribution in [1.82, 2.24) is 0 Å². The normalized spacial score (nSPS) is 32.7. The van der Waals surface area contributed by atoms with Crippen LogP contribution in [0.4, 0.5) is 5.69 Å². The molecule has 2 aliphatic rings. The first-order valence-corrected chi connectivity index (χ1v) is 6.73. The summed E-state index contributed by atoms with van der Waals surface area (Å²) in [5.74, 6) is 0. The van der Waals surface area contributed by atoms with E-state index in [0.29, 0.717) is 17.0 Å². The maximum Gasteiger partial charge on any atom is 0.274 e. The summed E-state index contributed by atoms with van der Waals surface area (Å²) in [6.07, 6.45) is 3.47. The smallest absolute Gasteiger partial charge is 0.274 e. The number of rotatable bonds is 3. The predicted molar refractivity (Wildman–Crippen MR) is 71.2 cm³/mol. The Balaban J connectivity index is 1.89. The van der Waals surface area contributed by atoms with Crippen LogP contribution in [0.1, 0.15) is 24.8 Å². The quantitative estimate of drug-likeness (QED) is 0.682. The van der Waals surface area contributed by atoms with Crippen molar-refractivity contribution < 1.29 is 9.66 Å². The second kappa shape index (κ2) is 4.44. The first-order chi connectivity index (χ1) is 8.98. The average molecular weight is 283 g/mol. The van der Waals surface area contributed by atoms with Crippen molar-refractivity contribution in [3.05, 3.63) is 38.9 Å². The van der Waals surface area contributed by atoms with Crippen molar-refractivity contribution in [3.63, 3.8) is 0 Å². The van der Waals surface area contributed by atoms with Crippen molar-refractivity contribution in [2.75, 3.05) is 0 Å². The Kier molecular flexibility index (Phi) is 3.00. The van der Waals surface area contributed by atoms with E-state index in [0.717, 1.165) is 19.3 Å². The number of halogens is 1. The van der Waals surface area contributed by atoms with Gasteiger partial charge in [-0.25, -0.2) is 0 Å². The van der Waals surface area contributed by atoms with E-state index < -0.39 is 10.5 Å². The van der Waals surface area contributed by atoms with E-state index in [-0.39, 0.29) is 17.9 Å². The van der Waals surface area contributed by atoms with Crippen molar-refractivity contribution >= 4 is 17.3 Å². The molecule has 2 fully saturated rings. The Bertz CT molecular complexity index is 537. The van der Waals surface area contributed by atoms with Gasteiger partial charge in [-0.2, -0.15) is 0 Å². The van der Waals surface area contributed by atoms with Gasteiger partial charge in [-0.15, -0.1) is 0 Å². The van der Waals surface area contributed by atoms with Gasteiger partial charge in [-0.1, -0.05) is 17.7 Å². The predicted octanol–water partition coefficient (Wildman–Crippen LogP) is 2.44. The van der Waals surface area contributed by atoms with Crippen LogP contribution in [0.25, 0.3) is 0 Å². The van der Waals surface area contributed by atoms with Gasteiger partial charge < -0.3 is 10.5 Å². The van der Waals surface area contributed by atoms with E-state index in [1.165, 1.54) is 6.07 Å². The third-order valence-corrected chi connectivity index (χ3v) is 4.36. The van der Waals surface area contributed by atoms with E-state index in [2.05, 4.69) is 0 Å². The molecular weight excluding hydrogens is 268 g/mol. The Morgan fingerprint density at radius 1 is 1.53 bits per heavy atom. The molecule has 0 amide bonds. The molecule has 1 aromatic rings. The van der Waals surface area contributed by atoms with Gasteiger partial charge in [0.05, 0.1) is 17.1 Å². The number of hydrogen-bond acceptors (Lipinski definition) is 4. The molecule has 6 heteroatoms. The highest BCUT2D eigenvalue weighted by Gasteiger charge is 2.50. The van der Waals surface area contributed by atoms with E-state index in [1.807, 2.05) is 0 Å². The van der Waals surface area contributed by atoms with Gasteiger partial charge in [0.1, 0.15) is 0 Å². The minimum atomic E-state index is -0.485. The van der Waals surface area contributed by atoms with Crippen LogP contribution < -0.4 is 5.73 Å². The summed E-state index contributed by atoms with van der Waals surface area (Å²) in [5, 5.41) is 11.5. The fraction of sp³-hybridized carbons (Fsp3) is 0.538. The first kappa shape index (κ1) is 12.8. The lowest BCUT2D eigenvalue weighted by molar-refractivity contribution is -0.385. The Hall–Kier alpha value is -1.17. The topological polar surface area (TPSA) is 78.4 Å². The molecule has 3 rings (SSSR count). The minimum absolute atomic E-state index is 0.0211. The zero-order valence-corrected chi connectivity index (χ0v) is 11.1. The standard InChI is InChI=1S/C13H15ClN2O3/c14-9-2-1-8(11(5-9)16(17)18)6-13(15)7-10-3-4-12(13)19-10/h1-2,5,10,12H,3-4,6-7,15H2. The molecule has 3 atom stereocenters. The van der Waals surface area contributed by atoms with Crippen LogP contribution in [0.3, 0.4) is 0 Å². The van der Waals surface area contributed by atoms with Gasteiger partial charge in [0.25, 0.3) is 5.69 Å². The van der Waals surface area contributed by atoms with Crippen molar-refractivity contribution in [1.29, 1.82) is 0 Å². The molecule has 0 spiro atoms. The molecule has 2 aliphatic heterocycles. The molecule has 0 saturated carbocycles. The number of nitrogens with zero attached hydrogens (tertiary/aromatic N) is 1. The third kappa shape index (κ3) is 2.22. The van der Waals surface area contributed by atoms with Gasteiger partial charge in [-0.05, 0) is 31.7 Å². The van der Waals surface area contributed by atoms with Gasteiger partial charge in [0, 0.05) is 22.2 Å². The fourth-order valence-electron chi connectivity index (χ4n) is 3.23. The van der Waals surface area contributed by atoms with Crippen molar-refractivity contribution in [2.24, 2.45) is 5.73 Å². The second-order valence-electron chi connectivity index (χ2n) is 5.47. The minimum Gasteiger partial charge on any atom is -0.373 e.